The SMILES string of the molecule is C/C=C(\C)C(=O)C(C)=C(SC)SC. The molecule has 0 saturated carbocycles. The van der Waals surface area contributed by atoms with Gasteiger partial charge in [0.05, 0.1) is 0 Å². The van der Waals surface area contributed by atoms with E-state index in [9.17, 15) is 4.79 Å². The monoisotopic (exact) mass is 216 g/mol. The molecule has 0 spiro atoms. The van der Waals surface area contributed by atoms with Crippen LogP contribution in [-0.2, 0) is 4.79 Å². The fraction of sp³-hybridized carbons (Fsp3) is 0.500. The van der Waals surface area contributed by atoms with Crippen molar-refractivity contribution in [1.82, 2.24) is 0 Å². The van der Waals surface area contributed by atoms with E-state index in [0.717, 1.165) is 15.4 Å². The molecular formula is C10H16OS2. The largest absolute Gasteiger partial charge is 0.289 e. The zero-order valence-electron chi connectivity index (χ0n) is 8.80. The molecule has 3 heteroatoms. The van der Waals surface area contributed by atoms with Crippen molar-refractivity contribution >= 4 is 29.3 Å². The molecule has 0 aromatic carbocycles. The van der Waals surface area contributed by atoms with Crippen molar-refractivity contribution in [3.8, 4) is 0 Å². The predicted octanol–water partition coefficient (Wildman–Crippen LogP) is 3.48. The van der Waals surface area contributed by atoms with E-state index in [-0.39, 0.29) is 5.78 Å². The van der Waals surface area contributed by atoms with Gasteiger partial charge >= 0.3 is 0 Å². The fourth-order valence-electron chi connectivity index (χ4n) is 0.909. The van der Waals surface area contributed by atoms with Crippen LogP contribution in [0.4, 0.5) is 0 Å². The normalized spacial score (nSPS) is 11.3. The number of hydrogen-bond donors (Lipinski definition) is 0. The Labute approximate surface area is 89.1 Å². The maximum atomic E-state index is 11.7. The fourth-order valence-corrected chi connectivity index (χ4v) is 2.37. The number of carbonyl (C=O) groups excluding carboxylic acids is 1. The van der Waals surface area contributed by atoms with E-state index >= 15 is 0 Å². The van der Waals surface area contributed by atoms with Gasteiger partial charge in [-0.15, -0.1) is 23.5 Å². The zero-order chi connectivity index (χ0) is 10.4. The highest BCUT2D eigenvalue weighted by atomic mass is 32.2. The first-order valence-corrected chi connectivity index (χ1v) is 6.49. The summed E-state index contributed by atoms with van der Waals surface area (Å²) in [5.74, 6) is 0.154. The molecule has 0 rings (SSSR count). The number of allylic oxidation sites excluding steroid dienone is 3. The van der Waals surface area contributed by atoms with Gasteiger partial charge in [-0.05, 0) is 38.9 Å². The van der Waals surface area contributed by atoms with Gasteiger partial charge in [0.15, 0.2) is 5.78 Å². The summed E-state index contributed by atoms with van der Waals surface area (Å²) in [7, 11) is 0. The summed E-state index contributed by atoms with van der Waals surface area (Å²) >= 11 is 3.26. The first-order chi connectivity index (χ1) is 6.08. The molecule has 0 aliphatic rings. The van der Waals surface area contributed by atoms with E-state index in [1.165, 1.54) is 0 Å². The minimum absolute atomic E-state index is 0.154. The zero-order valence-corrected chi connectivity index (χ0v) is 10.4. The Hall–Kier alpha value is -0.150. The second-order valence-electron chi connectivity index (χ2n) is 2.62. The lowest BCUT2D eigenvalue weighted by atomic mass is 10.1. The van der Waals surface area contributed by atoms with Crippen LogP contribution in [0.5, 0.6) is 0 Å². The number of ketones is 1. The van der Waals surface area contributed by atoms with Gasteiger partial charge in [-0.3, -0.25) is 4.79 Å². The van der Waals surface area contributed by atoms with Crippen molar-refractivity contribution in [2.75, 3.05) is 12.5 Å². The van der Waals surface area contributed by atoms with Crippen molar-refractivity contribution in [2.24, 2.45) is 0 Å². The molecular weight excluding hydrogens is 200 g/mol. The standard InChI is InChI=1S/C10H16OS2/c1-6-7(2)9(11)8(3)10(12-4)13-5/h6H,1-5H3/b7-6+. The summed E-state index contributed by atoms with van der Waals surface area (Å²) in [6.45, 7) is 5.63. The van der Waals surface area contributed by atoms with E-state index in [4.69, 9.17) is 0 Å². The number of thioether (sulfide) groups is 2. The lowest BCUT2D eigenvalue weighted by Gasteiger charge is -2.05. The molecule has 0 saturated heterocycles. The Morgan fingerprint density at radius 2 is 1.62 bits per heavy atom. The van der Waals surface area contributed by atoms with E-state index in [0.29, 0.717) is 0 Å². The highest BCUT2D eigenvalue weighted by molar-refractivity contribution is 8.21. The van der Waals surface area contributed by atoms with Gasteiger partial charge < -0.3 is 0 Å². The molecule has 0 radical (unpaired) electrons. The molecule has 0 atom stereocenters. The average Bonchev–Trinajstić information content (AvgIpc) is 2.17. The van der Waals surface area contributed by atoms with Crippen LogP contribution in [0.15, 0.2) is 21.5 Å². The summed E-state index contributed by atoms with van der Waals surface area (Å²) in [4.78, 5) is 11.7. The minimum Gasteiger partial charge on any atom is -0.289 e. The number of Topliss-reactive ketones (excluding diaryl/α,β-unsaturated/α-hetero) is 1. The van der Waals surface area contributed by atoms with Crippen molar-refractivity contribution in [1.29, 1.82) is 0 Å². The Kier molecular flexibility index (Phi) is 6.25. The topological polar surface area (TPSA) is 17.1 Å². The van der Waals surface area contributed by atoms with Gasteiger partial charge in [0, 0.05) is 9.81 Å². The molecule has 74 valence electrons. The predicted molar refractivity (Wildman–Crippen MR) is 64.2 cm³/mol. The third kappa shape index (κ3) is 3.61. The minimum atomic E-state index is 0.154. The summed E-state index contributed by atoms with van der Waals surface area (Å²) in [5, 5.41) is 0. The highest BCUT2D eigenvalue weighted by Gasteiger charge is 2.10. The molecule has 13 heavy (non-hydrogen) atoms. The summed E-state index contributed by atoms with van der Waals surface area (Å²) in [6.07, 6.45) is 5.84. The quantitative estimate of drug-likeness (QED) is 0.670. The molecule has 0 aromatic rings. The second-order valence-corrected chi connectivity index (χ2v) is 4.51. The van der Waals surface area contributed by atoms with Crippen LogP contribution >= 0.6 is 23.5 Å². The summed E-state index contributed by atoms with van der Waals surface area (Å²) in [5.41, 5.74) is 1.67. The Morgan fingerprint density at radius 1 is 1.15 bits per heavy atom. The van der Waals surface area contributed by atoms with Crippen LogP contribution in [0.1, 0.15) is 20.8 Å². The second kappa shape index (κ2) is 6.33. The van der Waals surface area contributed by atoms with Crippen molar-refractivity contribution in [3.63, 3.8) is 0 Å². The Balaban J connectivity index is 4.86. The van der Waals surface area contributed by atoms with Crippen LogP contribution in [0.3, 0.4) is 0 Å². The van der Waals surface area contributed by atoms with Crippen molar-refractivity contribution < 1.29 is 4.79 Å². The Morgan fingerprint density at radius 3 is 1.92 bits per heavy atom. The molecule has 0 aliphatic carbocycles. The van der Waals surface area contributed by atoms with Crippen molar-refractivity contribution in [2.45, 2.75) is 20.8 Å². The average molecular weight is 216 g/mol. The molecule has 0 aliphatic heterocycles. The van der Waals surface area contributed by atoms with Crippen molar-refractivity contribution in [3.05, 3.63) is 21.5 Å². The molecule has 0 N–H and O–H groups in total. The molecule has 0 aromatic heterocycles. The van der Waals surface area contributed by atoms with E-state index in [1.54, 1.807) is 23.5 Å². The maximum absolute atomic E-state index is 11.7. The molecule has 0 heterocycles. The van der Waals surface area contributed by atoms with E-state index in [1.807, 2.05) is 39.4 Å². The van der Waals surface area contributed by atoms with Crippen LogP contribution in [0.25, 0.3) is 0 Å². The van der Waals surface area contributed by atoms with Gasteiger partial charge in [-0.25, -0.2) is 0 Å². The first-order valence-electron chi connectivity index (χ1n) is 4.04. The smallest absolute Gasteiger partial charge is 0.185 e. The molecule has 0 amide bonds. The lowest BCUT2D eigenvalue weighted by molar-refractivity contribution is -0.112. The number of hydrogen-bond acceptors (Lipinski definition) is 3. The van der Waals surface area contributed by atoms with Gasteiger partial charge in [-0.2, -0.15) is 0 Å². The van der Waals surface area contributed by atoms with Crippen LogP contribution in [0, 0.1) is 0 Å². The van der Waals surface area contributed by atoms with Crippen LogP contribution < -0.4 is 0 Å². The van der Waals surface area contributed by atoms with Crippen LogP contribution in [-0.4, -0.2) is 18.3 Å². The number of carbonyl (C=O) groups is 1. The third-order valence-electron chi connectivity index (χ3n) is 1.81. The summed E-state index contributed by atoms with van der Waals surface area (Å²) < 4.78 is 1.10. The highest BCUT2D eigenvalue weighted by Crippen LogP contribution is 2.28. The van der Waals surface area contributed by atoms with Gasteiger partial charge in [0.1, 0.15) is 0 Å². The molecule has 0 bridgehead atoms. The third-order valence-corrected chi connectivity index (χ3v) is 4.16. The van der Waals surface area contributed by atoms with E-state index in [2.05, 4.69) is 0 Å². The van der Waals surface area contributed by atoms with Gasteiger partial charge in [-0.1, -0.05) is 6.08 Å². The van der Waals surface area contributed by atoms with Crippen LogP contribution in [0.2, 0.25) is 0 Å². The Bertz CT molecular complexity index is 246. The maximum Gasteiger partial charge on any atom is 0.185 e. The molecule has 1 nitrogen and oxygen atoms in total. The van der Waals surface area contributed by atoms with E-state index < -0.39 is 0 Å². The lowest BCUT2D eigenvalue weighted by Crippen LogP contribution is -2.02. The first kappa shape index (κ1) is 12.8. The molecule has 0 unspecified atom stereocenters. The van der Waals surface area contributed by atoms with Gasteiger partial charge in [0.25, 0.3) is 0 Å². The summed E-state index contributed by atoms with van der Waals surface area (Å²) in [6, 6.07) is 0. The van der Waals surface area contributed by atoms with Gasteiger partial charge in [0.2, 0.25) is 0 Å². The number of rotatable bonds is 4. The molecule has 0 fully saturated rings.